The number of ether oxygens (including phenoxy) is 3. The van der Waals surface area contributed by atoms with Gasteiger partial charge in [-0.15, -0.1) is 0 Å². The third kappa shape index (κ3) is 7.86. The van der Waals surface area contributed by atoms with Gasteiger partial charge in [0, 0.05) is 0 Å². The van der Waals surface area contributed by atoms with E-state index in [2.05, 4.69) is 0 Å². The van der Waals surface area contributed by atoms with E-state index in [1.807, 2.05) is 42.5 Å². The molecule has 34 heavy (non-hydrogen) atoms. The molecule has 7 nitrogen and oxygen atoms in total. The average Bonchev–Trinajstić information content (AvgIpc) is 2.86. The molecule has 0 bridgehead atoms. The van der Waals surface area contributed by atoms with E-state index in [4.69, 9.17) is 19.9 Å². The van der Waals surface area contributed by atoms with Gasteiger partial charge in [-0.2, -0.15) is 0 Å². The highest BCUT2D eigenvalue weighted by atomic mass is 16.5. The topological polar surface area (TPSA) is 105 Å². The maximum atomic E-state index is 12.9. The van der Waals surface area contributed by atoms with Crippen LogP contribution in [0.25, 0.3) is 0 Å². The number of hydrogen-bond donors (Lipinski definition) is 1. The number of nitrogens with two attached hydrogens (primary N) is 1. The van der Waals surface area contributed by atoms with Crippen LogP contribution in [0.4, 0.5) is 0 Å². The maximum absolute atomic E-state index is 12.9. The van der Waals surface area contributed by atoms with E-state index in [1.165, 1.54) is 0 Å². The van der Waals surface area contributed by atoms with E-state index in [0.717, 1.165) is 16.7 Å². The highest BCUT2D eigenvalue weighted by molar-refractivity contribution is 5.91. The monoisotopic (exact) mass is 461 g/mol. The lowest BCUT2D eigenvalue weighted by atomic mass is 9.92. The van der Waals surface area contributed by atoms with Crippen molar-refractivity contribution in [3.8, 4) is 0 Å². The van der Waals surface area contributed by atoms with Gasteiger partial charge in [0.1, 0.15) is 25.4 Å². The summed E-state index contributed by atoms with van der Waals surface area (Å²) < 4.78 is 15.9. The molecule has 0 saturated carbocycles. The fourth-order valence-corrected chi connectivity index (χ4v) is 3.17. The maximum Gasteiger partial charge on any atom is 0.327 e. The first kappa shape index (κ1) is 24.7. The number of benzene rings is 3. The fraction of sp³-hybridized carbons (Fsp3) is 0.222. The van der Waals surface area contributed by atoms with Crippen LogP contribution in [0.2, 0.25) is 0 Å². The molecule has 3 aromatic rings. The number of carbonyl (C=O) groups is 3. The van der Waals surface area contributed by atoms with Gasteiger partial charge < -0.3 is 19.9 Å². The molecule has 3 aromatic carbocycles. The van der Waals surface area contributed by atoms with Crippen LogP contribution >= 0.6 is 0 Å². The Morgan fingerprint density at radius 2 is 0.882 bits per heavy atom. The summed E-state index contributed by atoms with van der Waals surface area (Å²) in [5.74, 6) is -2.33. The van der Waals surface area contributed by atoms with Crippen molar-refractivity contribution in [2.45, 2.75) is 38.2 Å². The second kappa shape index (κ2) is 12.3. The third-order valence-electron chi connectivity index (χ3n) is 5.02. The van der Waals surface area contributed by atoms with E-state index >= 15 is 0 Å². The van der Waals surface area contributed by atoms with Crippen molar-refractivity contribution in [3.05, 3.63) is 108 Å². The quantitative estimate of drug-likeness (QED) is 0.343. The summed E-state index contributed by atoms with van der Waals surface area (Å²) in [6.45, 7) is -0.00269. The molecule has 3 rings (SSSR count). The molecule has 176 valence electrons. The highest BCUT2D eigenvalue weighted by Gasteiger charge is 2.41. The molecule has 0 radical (unpaired) electrons. The van der Waals surface area contributed by atoms with Crippen LogP contribution < -0.4 is 5.73 Å². The van der Waals surface area contributed by atoms with Gasteiger partial charge in [-0.05, 0) is 16.7 Å². The van der Waals surface area contributed by atoms with Gasteiger partial charge in [0.15, 0.2) is 0 Å². The van der Waals surface area contributed by atoms with Crippen LogP contribution in [0.3, 0.4) is 0 Å². The Morgan fingerprint density at radius 1 is 0.559 bits per heavy atom. The summed E-state index contributed by atoms with van der Waals surface area (Å²) in [4.78, 5) is 37.9. The summed E-state index contributed by atoms with van der Waals surface area (Å²) >= 11 is 0. The van der Waals surface area contributed by atoms with Crippen LogP contribution in [0.1, 0.15) is 29.5 Å². The van der Waals surface area contributed by atoms with Crippen molar-refractivity contribution >= 4 is 17.9 Å². The zero-order valence-corrected chi connectivity index (χ0v) is 18.7. The number of esters is 3. The van der Waals surface area contributed by atoms with Gasteiger partial charge in [0.05, 0.1) is 12.8 Å². The molecular weight excluding hydrogens is 434 g/mol. The lowest BCUT2D eigenvalue weighted by Crippen LogP contribution is -2.52. The molecular formula is C27H27NO6. The van der Waals surface area contributed by atoms with E-state index in [-0.39, 0.29) is 19.8 Å². The van der Waals surface area contributed by atoms with E-state index in [1.54, 1.807) is 48.5 Å². The number of carbonyl (C=O) groups excluding carboxylic acids is 3. The van der Waals surface area contributed by atoms with Crippen molar-refractivity contribution in [1.82, 2.24) is 0 Å². The van der Waals surface area contributed by atoms with Crippen molar-refractivity contribution < 1.29 is 28.6 Å². The van der Waals surface area contributed by atoms with E-state index in [9.17, 15) is 14.4 Å². The Balaban J connectivity index is 1.63. The molecule has 2 N–H and O–H groups in total. The smallest absolute Gasteiger partial charge is 0.327 e. The van der Waals surface area contributed by atoms with Gasteiger partial charge in [0.2, 0.25) is 0 Å². The van der Waals surface area contributed by atoms with Gasteiger partial charge in [0.25, 0.3) is 0 Å². The Bertz CT molecular complexity index is 1010. The number of rotatable bonds is 11. The van der Waals surface area contributed by atoms with Gasteiger partial charge >= 0.3 is 17.9 Å². The highest BCUT2D eigenvalue weighted by Crippen LogP contribution is 2.19. The summed E-state index contributed by atoms with van der Waals surface area (Å²) in [5, 5.41) is 0. The lowest BCUT2D eigenvalue weighted by molar-refractivity contribution is -0.162. The first-order chi connectivity index (χ1) is 16.4. The van der Waals surface area contributed by atoms with Gasteiger partial charge in [-0.3, -0.25) is 14.4 Å². The molecule has 0 aliphatic carbocycles. The van der Waals surface area contributed by atoms with Crippen LogP contribution in [0.5, 0.6) is 0 Å². The van der Waals surface area contributed by atoms with Crippen LogP contribution in [-0.4, -0.2) is 23.4 Å². The molecule has 0 atom stereocenters. The predicted molar refractivity (Wildman–Crippen MR) is 125 cm³/mol. The molecule has 0 fully saturated rings. The first-order valence-corrected chi connectivity index (χ1v) is 10.8. The number of hydrogen-bond acceptors (Lipinski definition) is 7. The standard InChI is InChI=1S/C27H27NO6/c28-27(26(31)34-20-23-14-8-3-9-15-23,16-24(29)32-18-21-10-4-1-5-11-21)17-25(30)33-19-22-12-6-2-7-13-22/h1-15H,16-20,28H2. The molecule has 0 aliphatic heterocycles. The third-order valence-corrected chi connectivity index (χ3v) is 5.02. The summed E-state index contributed by atoms with van der Waals surface area (Å²) in [5.41, 5.74) is 6.65. The first-order valence-electron chi connectivity index (χ1n) is 10.8. The predicted octanol–water partition coefficient (Wildman–Crippen LogP) is 3.69. The molecule has 0 aromatic heterocycles. The molecule has 0 saturated heterocycles. The van der Waals surface area contributed by atoms with Crippen molar-refractivity contribution in [1.29, 1.82) is 0 Å². The van der Waals surface area contributed by atoms with Crippen LogP contribution in [-0.2, 0) is 48.4 Å². The molecule has 0 amide bonds. The zero-order chi connectivity index (χ0) is 24.2. The largest absolute Gasteiger partial charge is 0.461 e. The summed E-state index contributed by atoms with van der Waals surface area (Å²) in [6, 6.07) is 27.2. The second-order valence-electron chi connectivity index (χ2n) is 7.86. The van der Waals surface area contributed by atoms with Gasteiger partial charge in [-0.1, -0.05) is 91.0 Å². The Kier molecular flexibility index (Phi) is 8.94. The Morgan fingerprint density at radius 3 is 1.24 bits per heavy atom. The van der Waals surface area contributed by atoms with Crippen molar-refractivity contribution in [2.24, 2.45) is 5.73 Å². The van der Waals surface area contributed by atoms with E-state index < -0.39 is 36.3 Å². The molecule has 0 unspecified atom stereocenters. The minimum absolute atomic E-state index is 0.0211. The summed E-state index contributed by atoms with van der Waals surface area (Å²) in [6.07, 6.45) is -1.07. The van der Waals surface area contributed by atoms with Crippen molar-refractivity contribution in [2.75, 3.05) is 0 Å². The van der Waals surface area contributed by atoms with Crippen molar-refractivity contribution in [3.63, 3.8) is 0 Å². The SMILES string of the molecule is NC(CC(=O)OCc1ccccc1)(CC(=O)OCc1ccccc1)C(=O)OCc1ccccc1. The minimum atomic E-state index is -1.93. The van der Waals surface area contributed by atoms with Crippen LogP contribution in [0.15, 0.2) is 91.0 Å². The van der Waals surface area contributed by atoms with Gasteiger partial charge in [-0.25, -0.2) is 0 Å². The average molecular weight is 462 g/mol. The Hall–Kier alpha value is -3.97. The van der Waals surface area contributed by atoms with Crippen LogP contribution in [0, 0.1) is 0 Å². The second-order valence-corrected chi connectivity index (χ2v) is 7.86. The zero-order valence-electron chi connectivity index (χ0n) is 18.7. The summed E-state index contributed by atoms with van der Waals surface area (Å²) in [7, 11) is 0. The molecule has 0 heterocycles. The van der Waals surface area contributed by atoms with E-state index in [0.29, 0.717) is 0 Å². The fourth-order valence-electron chi connectivity index (χ4n) is 3.17. The molecule has 7 heteroatoms. The lowest BCUT2D eigenvalue weighted by Gasteiger charge is -2.25. The Labute approximate surface area is 198 Å². The molecule has 0 spiro atoms. The normalized spacial score (nSPS) is 10.9. The minimum Gasteiger partial charge on any atom is -0.461 e. The molecule has 0 aliphatic rings.